The van der Waals surface area contributed by atoms with Crippen LogP contribution in [-0.2, 0) is 6.42 Å². The third kappa shape index (κ3) is 3.99. The van der Waals surface area contributed by atoms with E-state index in [9.17, 15) is 0 Å². The Hall–Kier alpha value is -1.25. The average molecular weight is 350 g/mol. The van der Waals surface area contributed by atoms with E-state index in [0.717, 1.165) is 52.4 Å². The second-order valence-electron chi connectivity index (χ2n) is 7.29. The first-order valence-electron chi connectivity index (χ1n) is 7.96. The Labute approximate surface area is 147 Å². The number of hydrogen-bond donors (Lipinski definition) is 0. The van der Waals surface area contributed by atoms with Crippen LogP contribution in [0.3, 0.4) is 0 Å². The van der Waals surface area contributed by atoms with Gasteiger partial charge in [0.2, 0.25) is 5.89 Å². The number of hydrogen-bond acceptors (Lipinski definition) is 2. The molecule has 0 spiro atoms. The van der Waals surface area contributed by atoms with Crippen molar-refractivity contribution >= 4 is 39.9 Å². The summed E-state index contributed by atoms with van der Waals surface area (Å²) in [5, 5.41) is 1.55. The van der Waals surface area contributed by atoms with Crippen LogP contribution in [0.25, 0.3) is 16.7 Å². The van der Waals surface area contributed by atoms with Crippen LogP contribution in [0.4, 0.5) is 0 Å². The molecule has 0 fully saturated rings. The summed E-state index contributed by atoms with van der Waals surface area (Å²) in [7, 11) is 0. The summed E-state index contributed by atoms with van der Waals surface area (Å²) < 4.78 is 5.87. The van der Waals surface area contributed by atoms with Gasteiger partial charge >= 0.3 is 0 Å². The number of aryl methyl sites for hydroxylation is 1. The molecule has 1 aromatic carbocycles. The lowest BCUT2D eigenvalue weighted by atomic mass is 9.89. The summed E-state index contributed by atoms with van der Waals surface area (Å²) in [5.74, 6) is 0.552. The molecule has 2 nitrogen and oxygen atoms in total. The van der Waals surface area contributed by atoms with Crippen molar-refractivity contribution in [3.8, 4) is 0 Å². The summed E-state index contributed by atoms with van der Waals surface area (Å²) in [4.78, 5) is 4.61. The number of halogens is 2. The first-order chi connectivity index (χ1) is 10.8. The van der Waals surface area contributed by atoms with Gasteiger partial charge in [0, 0.05) is 10.1 Å². The van der Waals surface area contributed by atoms with Crippen molar-refractivity contribution in [2.75, 3.05) is 0 Å². The van der Waals surface area contributed by atoms with Crippen LogP contribution < -0.4 is 0 Å². The molecule has 0 saturated heterocycles. The normalized spacial score (nSPS) is 16.1. The van der Waals surface area contributed by atoms with E-state index < -0.39 is 0 Å². The SMILES string of the molecule is CC(C)(C)CCc1ccc2oc(C3=C(Cl)CCC(Cl)=C3)nc2c1. The van der Waals surface area contributed by atoms with Gasteiger partial charge in [0.05, 0.1) is 5.57 Å². The molecule has 1 aliphatic rings. The molecule has 1 heterocycles. The summed E-state index contributed by atoms with van der Waals surface area (Å²) in [6.45, 7) is 6.77. The fraction of sp³-hybridized carbons (Fsp3) is 0.421. The smallest absolute Gasteiger partial charge is 0.228 e. The number of allylic oxidation sites excluding steroid dienone is 4. The monoisotopic (exact) mass is 349 g/mol. The van der Waals surface area contributed by atoms with Crippen molar-refractivity contribution in [3.05, 3.63) is 45.8 Å². The molecule has 1 aromatic heterocycles. The van der Waals surface area contributed by atoms with E-state index in [2.05, 4.69) is 37.9 Å². The molecule has 0 saturated carbocycles. The minimum absolute atomic E-state index is 0.325. The lowest BCUT2D eigenvalue weighted by Gasteiger charge is -2.17. The van der Waals surface area contributed by atoms with Crippen molar-refractivity contribution in [1.82, 2.24) is 4.98 Å². The zero-order valence-corrected chi connectivity index (χ0v) is 15.3. The highest BCUT2D eigenvalue weighted by Gasteiger charge is 2.18. The Morgan fingerprint density at radius 1 is 1.17 bits per heavy atom. The van der Waals surface area contributed by atoms with Crippen LogP contribution in [0.15, 0.2) is 38.8 Å². The van der Waals surface area contributed by atoms with E-state index in [0.29, 0.717) is 11.3 Å². The maximum atomic E-state index is 6.32. The molecular formula is C19H21Cl2NO. The maximum absolute atomic E-state index is 6.32. The van der Waals surface area contributed by atoms with E-state index in [4.69, 9.17) is 27.6 Å². The number of benzene rings is 1. The minimum Gasteiger partial charge on any atom is -0.436 e. The fourth-order valence-corrected chi connectivity index (χ4v) is 3.05. The highest BCUT2D eigenvalue weighted by molar-refractivity contribution is 6.35. The van der Waals surface area contributed by atoms with Gasteiger partial charge in [0.25, 0.3) is 0 Å². The molecule has 3 rings (SSSR count). The fourth-order valence-electron chi connectivity index (χ4n) is 2.61. The molecule has 2 aromatic rings. The van der Waals surface area contributed by atoms with Crippen LogP contribution in [0.5, 0.6) is 0 Å². The number of nitrogens with zero attached hydrogens (tertiary/aromatic N) is 1. The van der Waals surface area contributed by atoms with Crippen molar-refractivity contribution in [1.29, 1.82) is 0 Å². The van der Waals surface area contributed by atoms with Crippen LogP contribution in [0.2, 0.25) is 0 Å². The van der Waals surface area contributed by atoms with Gasteiger partial charge < -0.3 is 4.42 Å². The Morgan fingerprint density at radius 2 is 1.96 bits per heavy atom. The minimum atomic E-state index is 0.325. The molecule has 0 atom stereocenters. The third-order valence-electron chi connectivity index (χ3n) is 4.02. The highest BCUT2D eigenvalue weighted by Crippen LogP contribution is 2.35. The molecule has 0 radical (unpaired) electrons. The Kier molecular flexibility index (Phi) is 4.57. The number of oxazole rings is 1. The summed E-state index contributed by atoms with van der Waals surface area (Å²) in [6, 6.07) is 6.21. The van der Waals surface area contributed by atoms with Gasteiger partial charge in [0.1, 0.15) is 5.52 Å². The van der Waals surface area contributed by atoms with Gasteiger partial charge in [0.15, 0.2) is 5.58 Å². The molecule has 0 N–H and O–H groups in total. The van der Waals surface area contributed by atoms with Gasteiger partial charge in [-0.25, -0.2) is 4.98 Å². The van der Waals surface area contributed by atoms with E-state index in [1.54, 1.807) is 0 Å². The third-order valence-corrected chi connectivity index (χ3v) is 4.71. The van der Waals surface area contributed by atoms with Gasteiger partial charge in [-0.3, -0.25) is 0 Å². The lowest BCUT2D eigenvalue weighted by molar-refractivity contribution is 0.378. The predicted molar refractivity (Wildman–Crippen MR) is 97.7 cm³/mol. The Bertz CT molecular complexity index is 793. The van der Waals surface area contributed by atoms with Gasteiger partial charge in [-0.1, -0.05) is 50.0 Å². The van der Waals surface area contributed by atoms with Crippen molar-refractivity contribution in [3.63, 3.8) is 0 Å². The molecule has 1 aliphatic carbocycles. The summed E-state index contributed by atoms with van der Waals surface area (Å²) >= 11 is 12.5. The van der Waals surface area contributed by atoms with E-state index in [-0.39, 0.29) is 0 Å². The molecule has 4 heteroatoms. The largest absolute Gasteiger partial charge is 0.436 e. The predicted octanol–water partition coefficient (Wildman–Crippen LogP) is 6.67. The molecule has 23 heavy (non-hydrogen) atoms. The van der Waals surface area contributed by atoms with E-state index >= 15 is 0 Å². The lowest BCUT2D eigenvalue weighted by Crippen LogP contribution is -2.06. The Balaban J connectivity index is 1.91. The molecular weight excluding hydrogens is 329 g/mol. The quantitative estimate of drug-likeness (QED) is 0.618. The summed E-state index contributed by atoms with van der Waals surface area (Å²) in [6.07, 6.45) is 5.55. The topological polar surface area (TPSA) is 26.0 Å². The van der Waals surface area contributed by atoms with Crippen LogP contribution in [0, 0.1) is 5.41 Å². The molecule has 0 unspecified atom stereocenters. The molecule has 122 valence electrons. The van der Waals surface area contributed by atoms with E-state index in [1.807, 2.05) is 12.1 Å². The van der Waals surface area contributed by atoms with Crippen molar-refractivity contribution in [2.24, 2.45) is 5.41 Å². The van der Waals surface area contributed by atoms with Crippen LogP contribution >= 0.6 is 23.2 Å². The first kappa shape index (κ1) is 16.6. The molecule has 0 bridgehead atoms. The maximum Gasteiger partial charge on any atom is 0.228 e. The average Bonchev–Trinajstić information content (AvgIpc) is 2.89. The first-order valence-corrected chi connectivity index (χ1v) is 8.72. The summed E-state index contributed by atoms with van der Waals surface area (Å²) in [5.41, 5.74) is 4.07. The zero-order valence-electron chi connectivity index (χ0n) is 13.7. The Morgan fingerprint density at radius 3 is 2.70 bits per heavy atom. The van der Waals surface area contributed by atoms with Crippen LogP contribution in [0.1, 0.15) is 51.5 Å². The van der Waals surface area contributed by atoms with Crippen molar-refractivity contribution in [2.45, 2.75) is 46.5 Å². The zero-order chi connectivity index (χ0) is 16.6. The number of aromatic nitrogens is 1. The standard InChI is InChI=1S/C19H21Cl2NO/c1-19(2,3)9-8-12-4-7-17-16(10-12)22-18(23-17)14-11-13(20)5-6-15(14)21/h4,7,10-11H,5-6,8-9H2,1-3H3. The second kappa shape index (κ2) is 6.33. The number of fused-ring (bicyclic) bond motifs is 1. The number of rotatable bonds is 3. The van der Waals surface area contributed by atoms with Crippen molar-refractivity contribution < 1.29 is 4.42 Å². The second-order valence-corrected chi connectivity index (χ2v) is 8.23. The van der Waals surface area contributed by atoms with Gasteiger partial charge in [-0.2, -0.15) is 0 Å². The van der Waals surface area contributed by atoms with E-state index in [1.165, 1.54) is 5.56 Å². The highest BCUT2D eigenvalue weighted by atomic mass is 35.5. The van der Waals surface area contributed by atoms with Gasteiger partial charge in [-0.15, -0.1) is 0 Å². The van der Waals surface area contributed by atoms with Gasteiger partial charge in [-0.05, 0) is 54.9 Å². The molecule has 0 aliphatic heterocycles. The molecule has 0 amide bonds. The van der Waals surface area contributed by atoms with Crippen LogP contribution in [-0.4, -0.2) is 4.98 Å².